The Morgan fingerprint density at radius 3 is 2.17 bits per heavy atom. The normalized spacial score (nSPS) is 10.9. The van der Waals surface area contributed by atoms with E-state index in [0.717, 1.165) is 0 Å². The Labute approximate surface area is 188 Å². The molecule has 3 rings (SSSR count). The maximum absolute atomic E-state index is 13.5. The van der Waals surface area contributed by atoms with Crippen LogP contribution in [0.3, 0.4) is 0 Å². The van der Waals surface area contributed by atoms with Crippen LogP contribution < -0.4 is 10.5 Å². The summed E-state index contributed by atoms with van der Waals surface area (Å²) in [6, 6.07) is 5.98. The van der Waals surface area contributed by atoms with Gasteiger partial charge in [0.15, 0.2) is 5.75 Å². The molecule has 8 heteroatoms. The Kier molecular flexibility index (Phi) is 6.60. The summed E-state index contributed by atoms with van der Waals surface area (Å²) < 4.78 is 24.1. The molecule has 0 bridgehead atoms. The van der Waals surface area contributed by atoms with Crippen molar-refractivity contribution in [1.82, 2.24) is 0 Å². The number of halogens is 3. The summed E-state index contributed by atoms with van der Waals surface area (Å²) in [5.74, 6) is -0.545. The minimum atomic E-state index is -0.545. The molecule has 0 saturated heterocycles. The zero-order valence-electron chi connectivity index (χ0n) is 16.9. The van der Waals surface area contributed by atoms with Crippen molar-refractivity contribution in [2.75, 3.05) is 19.5 Å². The van der Waals surface area contributed by atoms with Crippen LogP contribution in [0, 0.1) is 19.7 Å². The van der Waals surface area contributed by atoms with Crippen molar-refractivity contribution < 1.29 is 18.7 Å². The van der Waals surface area contributed by atoms with E-state index in [1.165, 1.54) is 30.6 Å². The van der Waals surface area contributed by atoms with Crippen LogP contribution in [-0.4, -0.2) is 19.7 Å². The third kappa shape index (κ3) is 3.75. The minimum absolute atomic E-state index is 0.196. The van der Waals surface area contributed by atoms with Crippen molar-refractivity contribution in [2.24, 2.45) is 0 Å². The zero-order valence-corrected chi connectivity index (χ0v) is 19.2. The number of hydrogen-bond donors (Lipinski definition) is 1. The first-order chi connectivity index (χ1) is 14.2. The second kappa shape index (κ2) is 8.84. The Bertz CT molecular complexity index is 1100. The van der Waals surface area contributed by atoms with Gasteiger partial charge in [-0.3, -0.25) is 0 Å². The lowest BCUT2D eigenvalue weighted by Crippen LogP contribution is -2.08. The second-order valence-corrected chi connectivity index (χ2v) is 8.37. The summed E-state index contributed by atoms with van der Waals surface area (Å²) in [4.78, 5) is 13.5. The maximum Gasteiger partial charge on any atom is 0.341 e. The number of rotatable bonds is 5. The first-order valence-electron chi connectivity index (χ1n) is 9.10. The van der Waals surface area contributed by atoms with Gasteiger partial charge in [-0.05, 0) is 55.2 Å². The molecule has 0 spiro atoms. The smallest absolute Gasteiger partial charge is 0.341 e. The second-order valence-electron chi connectivity index (χ2n) is 6.56. The van der Waals surface area contributed by atoms with E-state index in [2.05, 4.69) is 0 Å². The summed E-state index contributed by atoms with van der Waals surface area (Å²) in [6.07, 6.45) is 0. The largest absolute Gasteiger partial charge is 0.494 e. The summed E-state index contributed by atoms with van der Waals surface area (Å²) in [5, 5.41) is 0.977. The average molecular weight is 468 g/mol. The average Bonchev–Trinajstić information content (AvgIpc) is 3.05. The summed E-state index contributed by atoms with van der Waals surface area (Å²) in [6.45, 7) is 5.56. The van der Waals surface area contributed by atoms with Gasteiger partial charge in [0.05, 0.1) is 23.8 Å². The molecule has 0 amide bonds. The number of hydrogen-bond acceptors (Lipinski definition) is 5. The lowest BCUT2D eigenvalue weighted by Gasteiger charge is -2.19. The standard InChI is InChI=1S/C22H20Cl2FNO3S/c1-5-29-22(27)16-15(14-10(2)17(23)19(28-4)18(24)11(14)3)20(30-21(16)26)12-6-8-13(25)9-7-12/h6-9H,5,26H2,1-4H3. The first-order valence-corrected chi connectivity index (χ1v) is 10.7. The number of esters is 1. The molecule has 0 saturated carbocycles. The molecule has 3 aromatic rings. The van der Waals surface area contributed by atoms with Gasteiger partial charge >= 0.3 is 5.97 Å². The highest BCUT2D eigenvalue weighted by atomic mass is 35.5. The monoisotopic (exact) mass is 467 g/mol. The van der Waals surface area contributed by atoms with Crippen LogP contribution in [0.1, 0.15) is 28.4 Å². The van der Waals surface area contributed by atoms with Crippen molar-refractivity contribution in [3.8, 4) is 27.3 Å². The van der Waals surface area contributed by atoms with E-state index in [0.29, 0.717) is 53.5 Å². The van der Waals surface area contributed by atoms with Crippen LogP contribution in [0.5, 0.6) is 5.75 Å². The molecule has 0 aliphatic carbocycles. The molecule has 1 aromatic heterocycles. The molecule has 158 valence electrons. The Hall–Kier alpha value is -2.28. The highest BCUT2D eigenvalue weighted by Crippen LogP contribution is 2.51. The fourth-order valence-electron chi connectivity index (χ4n) is 3.39. The fourth-order valence-corrected chi connectivity index (χ4v) is 5.04. The Balaban J connectivity index is 2.44. The van der Waals surface area contributed by atoms with Crippen molar-refractivity contribution in [3.05, 3.63) is 56.8 Å². The SMILES string of the molecule is CCOC(=O)c1c(N)sc(-c2ccc(F)cc2)c1-c1c(C)c(Cl)c(OC)c(Cl)c1C. The molecule has 1 heterocycles. The molecule has 0 fully saturated rings. The minimum Gasteiger partial charge on any atom is -0.494 e. The molecule has 0 aliphatic heterocycles. The molecular weight excluding hydrogens is 448 g/mol. The van der Waals surface area contributed by atoms with E-state index in [1.807, 2.05) is 13.8 Å². The van der Waals surface area contributed by atoms with E-state index >= 15 is 0 Å². The van der Waals surface area contributed by atoms with Crippen LogP contribution in [-0.2, 0) is 4.74 Å². The number of nitrogen functional groups attached to an aromatic ring is 1. The molecule has 4 nitrogen and oxygen atoms in total. The third-order valence-electron chi connectivity index (χ3n) is 4.78. The molecule has 0 unspecified atom stereocenters. The van der Waals surface area contributed by atoms with Gasteiger partial charge in [0.25, 0.3) is 0 Å². The lowest BCUT2D eigenvalue weighted by atomic mass is 9.90. The molecular formula is C22H20Cl2FNO3S. The highest BCUT2D eigenvalue weighted by molar-refractivity contribution is 7.20. The van der Waals surface area contributed by atoms with Gasteiger partial charge in [-0.15, -0.1) is 11.3 Å². The number of benzene rings is 2. The zero-order chi connectivity index (χ0) is 22.2. The quantitative estimate of drug-likeness (QED) is 0.413. The third-order valence-corrected chi connectivity index (χ3v) is 6.76. The molecule has 2 N–H and O–H groups in total. The number of anilines is 1. The van der Waals surface area contributed by atoms with Crippen molar-refractivity contribution in [1.29, 1.82) is 0 Å². The van der Waals surface area contributed by atoms with E-state index in [9.17, 15) is 9.18 Å². The van der Waals surface area contributed by atoms with Gasteiger partial charge in [-0.2, -0.15) is 0 Å². The number of nitrogens with two attached hydrogens (primary N) is 1. The summed E-state index contributed by atoms with van der Waals surface area (Å²) in [5.41, 5.74) is 9.80. The van der Waals surface area contributed by atoms with Crippen LogP contribution in [0.2, 0.25) is 10.0 Å². The van der Waals surface area contributed by atoms with Crippen LogP contribution in [0.4, 0.5) is 9.39 Å². The van der Waals surface area contributed by atoms with E-state index in [4.69, 9.17) is 38.4 Å². The van der Waals surface area contributed by atoms with Gasteiger partial charge < -0.3 is 15.2 Å². The van der Waals surface area contributed by atoms with Crippen LogP contribution >= 0.6 is 34.5 Å². The highest BCUT2D eigenvalue weighted by Gasteiger charge is 2.30. The first kappa shape index (κ1) is 22.4. The molecule has 2 aromatic carbocycles. The fraction of sp³-hybridized carbons (Fsp3) is 0.227. The predicted octanol–water partition coefficient (Wildman–Crippen LogP) is 6.91. The molecule has 0 radical (unpaired) electrons. The molecule has 0 atom stereocenters. The van der Waals surface area contributed by atoms with Gasteiger partial charge in [-0.25, -0.2) is 9.18 Å². The number of methoxy groups -OCH3 is 1. The molecule has 0 aliphatic rings. The molecule has 30 heavy (non-hydrogen) atoms. The summed E-state index contributed by atoms with van der Waals surface area (Å²) >= 11 is 14.3. The topological polar surface area (TPSA) is 61.5 Å². The van der Waals surface area contributed by atoms with E-state index in [-0.39, 0.29) is 18.0 Å². The van der Waals surface area contributed by atoms with Gasteiger partial charge in [0, 0.05) is 10.4 Å². The van der Waals surface area contributed by atoms with Gasteiger partial charge in [0.1, 0.15) is 16.4 Å². The van der Waals surface area contributed by atoms with Crippen LogP contribution in [0.15, 0.2) is 24.3 Å². The summed E-state index contributed by atoms with van der Waals surface area (Å²) in [7, 11) is 1.49. The predicted molar refractivity (Wildman–Crippen MR) is 122 cm³/mol. The lowest BCUT2D eigenvalue weighted by molar-refractivity contribution is 0.0529. The number of carbonyl (C=O) groups excluding carboxylic acids is 1. The van der Waals surface area contributed by atoms with Crippen molar-refractivity contribution in [3.63, 3.8) is 0 Å². The van der Waals surface area contributed by atoms with Gasteiger partial charge in [-0.1, -0.05) is 35.3 Å². The number of ether oxygens (including phenoxy) is 2. The van der Waals surface area contributed by atoms with Crippen molar-refractivity contribution >= 4 is 45.5 Å². The van der Waals surface area contributed by atoms with Crippen molar-refractivity contribution in [2.45, 2.75) is 20.8 Å². The number of thiophene rings is 1. The Morgan fingerprint density at radius 2 is 1.67 bits per heavy atom. The van der Waals surface area contributed by atoms with E-state index in [1.54, 1.807) is 19.1 Å². The Morgan fingerprint density at radius 1 is 1.10 bits per heavy atom. The van der Waals surface area contributed by atoms with Gasteiger partial charge in [0.2, 0.25) is 0 Å². The van der Waals surface area contributed by atoms with Crippen LogP contribution in [0.25, 0.3) is 21.6 Å². The number of carbonyl (C=O) groups is 1. The van der Waals surface area contributed by atoms with E-state index < -0.39 is 5.97 Å². The maximum atomic E-state index is 13.5.